The van der Waals surface area contributed by atoms with Gasteiger partial charge in [-0.3, -0.25) is 9.78 Å². The quantitative estimate of drug-likeness (QED) is 0.869. The molecule has 1 aliphatic heterocycles. The Morgan fingerprint density at radius 3 is 2.70 bits per heavy atom. The number of amides is 1. The van der Waals surface area contributed by atoms with Gasteiger partial charge in [-0.15, -0.1) is 0 Å². The van der Waals surface area contributed by atoms with Crippen molar-refractivity contribution < 1.29 is 9.53 Å². The van der Waals surface area contributed by atoms with Crippen molar-refractivity contribution in [2.24, 2.45) is 0 Å². The van der Waals surface area contributed by atoms with Crippen LogP contribution in [0.15, 0.2) is 42.7 Å². The number of carbonyl (C=O) groups is 1. The molecule has 0 radical (unpaired) electrons. The fourth-order valence-electron chi connectivity index (χ4n) is 3.10. The summed E-state index contributed by atoms with van der Waals surface area (Å²) in [4.78, 5) is 23.1. The summed E-state index contributed by atoms with van der Waals surface area (Å²) >= 11 is 0. The maximum atomic E-state index is 12.8. The van der Waals surface area contributed by atoms with Crippen molar-refractivity contribution in [3.63, 3.8) is 0 Å². The van der Waals surface area contributed by atoms with Crippen LogP contribution in [0, 0.1) is 6.92 Å². The molecule has 3 rings (SSSR count). The third kappa shape index (κ3) is 3.40. The summed E-state index contributed by atoms with van der Waals surface area (Å²) in [6.45, 7) is 2.54. The third-order valence-electron chi connectivity index (χ3n) is 4.34. The molecule has 23 heavy (non-hydrogen) atoms. The second-order valence-corrected chi connectivity index (χ2v) is 5.86. The molecule has 2 aromatic rings. The average molecular weight is 311 g/mol. The van der Waals surface area contributed by atoms with Crippen LogP contribution in [0.3, 0.4) is 0 Å². The number of benzene rings is 1. The van der Waals surface area contributed by atoms with E-state index in [1.807, 2.05) is 30.0 Å². The number of methoxy groups -OCH3 is 1. The number of hydrogen-bond acceptors (Lipinski definition) is 4. The van der Waals surface area contributed by atoms with Crippen molar-refractivity contribution in [3.05, 3.63) is 59.7 Å². The van der Waals surface area contributed by atoms with E-state index in [0.29, 0.717) is 12.2 Å². The molecule has 1 aliphatic rings. The minimum atomic E-state index is -0.0713. The first kappa shape index (κ1) is 15.6. The van der Waals surface area contributed by atoms with Gasteiger partial charge in [-0.1, -0.05) is 30.3 Å². The molecule has 0 saturated carbocycles. The SMILES string of the molecule is CO[C@@H]1CCN(C(=O)c2cnc(C)cn2)[C@H]1Cc1ccccc1. The lowest BCUT2D eigenvalue weighted by molar-refractivity contribution is 0.0504. The van der Waals surface area contributed by atoms with E-state index >= 15 is 0 Å². The Labute approximate surface area is 136 Å². The van der Waals surface area contributed by atoms with Gasteiger partial charge in [-0.2, -0.15) is 0 Å². The minimum absolute atomic E-state index is 0.0259. The normalized spacial score (nSPS) is 20.7. The maximum Gasteiger partial charge on any atom is 0.274 e. The smallest absolute Gasteiger partial charge is 0.274 e. The van der Waals surface area contributed by atoms with Gasteiger partial charge in [0.25, 0.3) is 5.91 Å². The summed E-state index contributed by atoms with van der Waals surface area (Å²) in [5.74, 6) is -0.0713. The summed E-state index contributed by atoms with van der Waals surface area (Å²) in [6.07, 6.45) is 4.86. The van der Waals surface area contributed by atoms with Gasteiger partial charge in [0.15, 0.2) is 0 Å². The Kier molecular flexibility index (Phi) is 4.67. The summed E-state index contributed by atoms with van der Waals surface area (Å²) in [5.41, 5.74) is 2.40. The molecular weight excluding hydrogens is 290 g/mol. The zero-order valence-electron chi connectivity index (χ0n) is 13.5. The Hall–Kier alpha value is -2.27. The van der Waals surface area contributed by atoms with Crippen LogP contribution in [0.5, 0.6) is 0 Å². The fourth-order valence-corrected chi connectivity index (χ4v) is 3.10. The summed E-state index contributed by atoms with van der Waals surface area (Å²) in [7, 11) is 1.71. The van der Waals surface area contributed by atoms with Gasteiger partial charge in [0.2, 0.25) is 0 Å². The lowest BCUT2D eigenvalue weighted by Crippen LogP contribution is -2.42. The number of rotatable bonds is 4. The van der Waals surface area contributed by atoms with Crippen LogP contribution in [0.4, 0.5) is 0 Å². The summed E-state index contributed by atoms with van der Waals surface area (Å²) in [5, 5.41) is 0. The van der Waals surface area contributed by atoms with Crippen molar-refractivity contribution in [2.75, 3.05) is 13.7 Å². The van der Waals surface area contributed by atoms with E-state index in [4.69, 9.17) is 4.74 Å². The molecule has 5 nitrogen and oxygen atoms in total. The summed E-state index contributed by atoms with van der Waals surface area (Å²) in [6, 6.07) is 10.2. The Morgan fingerprint density at radius 2 is 2.04 bits per heavy atom. The predicted octanol–water partition coefficient (Wildman–Crippen LogP) is 2.26. The van der Waals surface area contributed by atoms with Gasteiger partial charge < -0.3 is 9.64 Å². The number of carbonyl (C=O) groups excluding carboxylic acids is 1. The van der Waals surface area contributed by atoms with Crippen molar-refractivity contribution in [3.8, 4) is 0 Å². The van der Waals surface area contributed by atoms with Crippen molar-refractivity contribution in [2.45, 2.75) is 31.9 Å². The van der Waals surface area contributed by atoms with E-state index in [1.54, 1.807) is 19.5 Å². The molecule has 1 saturated heterocycles. The highest BCUT2D eigenvalue weighted by molar-refractivity contribution is 5.92. The van der Waals surface area contributed by atoms with Crippen LogP contribution in [0.2, 0.25) is 0 Å². The molecule has 5 heteroatoms. The van der Waals surface area contributed by atoms with Crippen LogP contribution >= 0.6 is 0 Å². The van der Waals surface area contributed by atoms with E-state index in [0.717, 1.165) is 18.5 Å². The average Bonchev–Trinajstić information content (AvgIpc) is 2.98. The number of ether oxygens (including phenoxy) is 1. The molecular formula is C18H21N3O2. The Bertz CT molecular complexity index is 658. The summed E-state index contributed by atoms with van der Waals surface area (Å²) < 4.78 is 5.60. The van der Waals surface area contributed by atoms with E-state index in [-0.39, 0.29) is 18.1 Å². The second kappa shape index (κ2) is 6.87. The number of nitrogens with zero attached hydrogens (tertiary/aromatic N) is 3. The van der Waals surface area contributed by atoms with Crippen LogP contribution in [0.25, 0.3) is 0 Å². The molecule has 0 spiro atoms. The minimum Gasteiger partial charge on any atom is -0.379 e. The van der Waals surface area contributed by atoms with Crippen molar-refractivity contribution in [1.82, 2.24) is 14.9 Å². The molecule has 1 fully saturated rings. The highest BCUT2D eigenvalue weighted by Crippen LogP contribution is 2.25. The van der Waals surface area contributed by atoms with E-state index in [9.17, 15) is 4.79 Å². The number of hydrogen-bond donors (Lipinski definition) is 0. The highest BCUT2D eigenvalue weighted by atomic mass is 16.5. The number of aromatic nitrogens is 2. The monoisotopic (exact) mass is 311 g/mol. The van der Waals surface area contributed by atoms with Gasteiger partial charge in [-0.25, -0.2) is 4.98 Å². The Balaban J connectivity index is 1.81. The first-order valence-electron chi connectivity index (χ1n) is 7.85. The molecule has 2 atom stereocenters. The topological polar surface area (TPSA) is 55.3 Å². The fraction of sp³-hybridized carbons (Fsp3) is 0.389. The van der Waals surface area contributed by atoms with Gasteiger partial charge in [0.05, 0.1) is 24.0 Å². The molecule has 0 bridgehead atoms. The number of likely N-dealkylation sites (tertiary alicyclic amines) is 1. The van der Waals surface area contributed by atoms with Crippen LogP contribution in [-0.2, 0) is 11.2 Å². The van der Waals surface area contributed by atoms with Crippen molar-refractivity contribution >= 4 is 5.91 Å². The zero-order chi connectivity index (χ0) is 16.2. The van der Waals surface area contributed by atoms with Gasteiger partial charge in [-0.05, 0) is 25.3 Å². The molecule has 1 amide bonds. The van der Waals surface area contributed by atoms with Crippen LogP contribution < -0.4 is 0 Å². The zero-order valence-corrected chi connectivity index (χ0v) is 13.5. The molecule has 0 N–H and O–H groups in total. The van der Waals surface area contributed by atoms with E-state index in [1.165, 1.54) is 5.56 Å². The van der Waals surface area contributed by atoms with Gasteiger partial charge in [0.1, 0.15) is 5.69 Å². The van der Waals surface area contributed by atoms with Gasteiger partial charge >= 0.3 is 0 Å². The molecule has 1 aromatic carbocycles. The number of aryl methyl sites for hydroxylation is 1. The highest BCUT2D eigenvalue weighted by Gasteiger charge is 2.37. The largest absolute Gasteiger partial charge is 0.379 e. The molecule has 0 unspecified atom stereocenters. The van der Waals surface area contributed by atoms with E-state index in [2.05, 4.69) is 22.1 Å². The maximum absolute atomic E-state index is 12.8. The molecule has 120 valence electrons. The predicted molar refractivity (Wildman–Crippen MR) is 87.2 cm³/mol. The van der Waals surface area contributed by atoms with E-state index < -0.39 is 0 Å². The second-order valence-electron chi connectivity index (χ2n) is 5.86. The van der Waals surface area contributed by atoms with Crippen LogP contribution in [0.1, 0.15) is 28.2 Å². The lowest BCUT2D eigenvalue weighted by Gasteiger charge is -2.27. The van der Waals surface area contributed by atoms with Crippen LogP contribution in [-0.4, -0.2) is 46.6 Å². The van der Waals surface area contributed by atoms with Gasteiger partial charge in [0, 0.05) is 19.9 Å². The molecule has 0 aliphatic carbocycles. The first-order valence-corrected chi connectivity index (χ1v) is 7.85. The Morgan fingerprint density at radius 1 is 1.26 bits per heavy atom. The lowest BCUT2D eigenvalue weighted by atomic mass is 10.0. The molecule has 2 heterocycles. The third-order valence-corrected chi connectivity index (χ3v) is 4.34. The first-order chi connectivity index (χ1) is 11.2. The van der Waals surface area contributed by atoms with Crippen molar-refractivity contribution in [1.29, 1.82) is 0 Å². The standard InChI is InChI=1S/C18H21N3O2/c1-13-11-20-15(12-19-13)18(22)21-9-8-17(23-2)16(21)10-14-6-4-3-5-7-14/h3-7,11-12,16-17H,8-10H2,1-2H3/t16-,17+/m0/s1. The molecule has 1 aromatic heterocycles.